The number of rotatable bonds is 9. The van der Waals surface area contributed by atoms with Gasteiger partial charge in [0.15, 0.2) is 5.54 Å². The molecule has 0 aliphatic carbocycles. The Bertz CT molecular complexity index is 497. The molecule has 0 saturated heterocycles. The van der Waals surface area contributed by atoms with Gasteiger partial charge in [-0.1, -0.05) is 13.0 Å². The second kappa shape index (κ2) is 8.46. The monoisotopic (exact) mass is 307 g/mol. The number of ether oxygens (including phenoxy) is 1. The van der Waals surface area contributed by atoms with Crippen molar-refractivity contribution in [2.75, 3.05) is 13.2 Å². The molecule has 1 N–H and O–H groups in total. The van der Waals surface area contributed by atoms with Crippen LogP contribution in [-0.4, -0.2) is 30.6 Å². The molecular formula is C16H25N3O3. The third-order valence-corrected chi connectivity index (χ3v) is 3.30. The van der Waals surface area contributed by atoms with Gasteiger partial charge in [-0.3, -0.25) is 4.79 Å². The standard InChI is InChI=1S/C16H25N3O3/c1-12(2)14(20)22-10-8-6-5-7-9-17-15(21)16(4)11-13(3)18-19-16/h11H,1,5-10H2,2-4H3,(H,17,21). The van der Waals surface area contributed by atoms with Crippen LogP contribution in [0.2, 0.25) is 0 Å². The predicted octanol–water partition coefficient (Wildman–Crippen LogP) is 2.91. The fraction of sp³-hybridized carbons (Fsp3) is 0.625. The van der Waals surface area contributed by atoms with E-state index in [1.807, 2.05) is 6.92 Å². The molecule has 1 unspecified atom stereocenters. The third kappa shape index (κ3) is 5.79. The van der Waals surface area contributed by atoms with E-state index in [9.17, 15) is 9.59 Å². The number of carbonyl (C=O) groups excluding carboxylic acids is 2. The summed E-state index contributed by atoms with van der Waals surface area (Å²) in [5, 5.41) is 10.8. The minimum atomic E-state index is -0.860. The molecule has 1 aliphatic heterocycles. The molecule has 0 fully saturated rings. The molecule has 1 amide bonds. The maximum atomic E-state index is 12.0. The topological polar surface area (TPSA) is 80.1 Å². The van der Waals surface area contributed by atoms with E-state index < -0.39 is 5.54 Å². The van der Waals surface area contributed by atoms with Crippen molar-refractivity contribution < 1.29 is 14.3 Å². The van der Waals surface area contributed by atoms with E-state index >= 15 is 0 Å². The number of unbranched alkanes of at least 4 members (excludes halogenated alkanes) is 3. The van der Waals surface area contributed by atoms with Gasteiger partial charge < -0.3 is 10.1 Å². The number of esters is 1. The molecule has 1 atom stereocenters. The molecule has 0 aromatic rings. The fourth-order valence-electron chi connectivity index (χ4n) is 2.01. The number of nitrogens with one attached hydrogen (secondary N) is 1. The minimum absolute atomic E-state index is 0.122. The molecule has 0 aromatic heterocycles. The van der Waals surface area contributed by atoms with E-state index in [2.05, 4.69) is 22.1 Å². The number of allylic oxidation sites excluding steroid dienone is 1. The first kappa shape index (κ1) is 18.1. The van der Waals surface area contributed by atoms with Crippen molar-refractivity contribution in [3.63, 3.8) is 0 Å². The number of hydrogen-bond acceptors (Lipinski definition) is 5. The highest BCUT2D eigenvalue weighted by Gasteiger charge is 2.33. The van der Waals surface area contributed by atoms with Crippen LogP contribution < -0.4 is 5.32 Å². The van der Waals surface area contributed by atoms with Gasteiger partial charge in [0.2, 0.25) is 0 Å². The molecule has 6 nitrogen and oxygen atoms in total. The van der Waals surface area contributed by atoms with Crippen LogP contribution in [0.4, 0.5) is 0 Å². The summed E-state index contributed by atoms with van der Waals surface area (Å²) in [4.78, 5) is 23.2. The highest BCUT2D eigenvalue weighted by atomic mass is 16.5. The first-order valence-electron chi connectivity index (χ1n) is 7.58. The van der Waals surface area contributed by atoms with E-state index in [1.165, 1.54) is 0 Å². The SMILES string of the molecule is C=C(C)C(=O)OCCCCCCNC(=O)C1(C)C=C(C)N=N1. The Balaban J connectivity index is 2.05. The molecule has 22 heavy (non-hydrogen) atoms. The minimum Gasteiger partial charge on any atom is -0.462 e. The van der Waals surface area contributed by atoms with E-state index in [-0.39, 0.29) is 11.9 Å². The van der Waals surface area contributed by atoms with Crippen molar-refractivity contribution in [3.8, 4) is 0 Å². The van der Waals surface area contributed by atoms with Crippen molar-refractivity contribution in [2.45, 2.75) is 52.0 Å². The highest BCUT2D eigenvalue weighted by molar-refractivity contribution is 5.88. The van der Waals surface area contributed by atoms with Crippen LogP contribution in [0.1, 0.15) is 46.5 Å². The lowest BCUT2D eigenvalue weighted by Gasteiger charge is -2.15. The average molecular weight is 307 g/mol. The number of amides is 1. The van der Waals surface area contributed by atoms with Crippen LogP contribution in [0.3, 0.4) is 0 Å². The summed E-state index contributed by atoms with van der Waals surface area (Å²) in [7, 11) is 0. The normalized spacial score (nSPS) is 19.7. The molecule has 0 aromatic carbocycles. The van der Waals surface area contributed by atoms with Crippen molar-refractivity contribution in [1.82, 2.24) is 5.32 Å². The summed E-state index contributed by atoms with van der Waals surface area (Å²) in [6.45, 7) is 9.75. The lowest BCUT2D eigenvalue weighted by molar-refractivity contribution is -0.139. The summed E-state index contributed by atoms with van der Waals surface area (Å²) in [6, 6.07) is 0. The van der Waals surface area contributed by atoms with Crippen LogP contribution in [0, 0.1) is 0 Å². The Morgan fingerprint density at radius 2 is 2.00 bits per heavy atom. The van der Waals surface area contributed by atoms with Crippen LogP contribution in [0.25, 0.3) is 0 Å². The maximum Gasteiger partial charge on any atom is 0.333 e. The summed E-state index contributed by atoms with van der Waals surface area (Å²) in [5.74, 6) is -0.460. The van der Waals surface area contributed by atoms with Crippen molar-refractivity contribution >= 4 is 11.9 Å². The Morgan fingerprint density at radius 1 is 1.32 bits per heavy atom. The van der Waals surface area contributed by atoms with Crippen molar-refractivity contribution in [3.05, 3.63) is 23.9 Å². The van der Waals surface area contributed by atoms with Crippen molar-refractivity contribution in [2.24, 2.45) is 10.2 Å². The summed E-state index contributed by atoms with van der Waals surface area (Å²) < 4.78 is 5.00. The second-order valence-corrected chi connectivity index (χ2v) is 5.72. The van der Waals surface area contributed by atoms with Crippen molar-refractivity contribution in [1.29, 1.82) is 0 Å². The molecule has 1 aliphatic rings. The second-order valence-electron chi connectivity index (χ2n) is 5.72. The smallest absolute Gasteiger partial charge is 0.333 e. The van der Waals surface area contributed by atoms with Gasteiger partial charge in [0.05, 0.1) is 12.3 Å². The summed E-state index contributed by atoms with van der Waals surface area (Å²) in [5.41, 5.74) is 0.326. The van der Waals surface area contributed by atoms with Gasteiger partial charge in [-0.05, 0) is 46.1 Å². The Hall–Kier alpha value is -1.98. The van der Waals surface area contributed by atoms with Gasteiger partial charge in [-0.15, -0.1) is 0 Å². The van der Waals surface area contributed by atoms with Gasteiger partial charge in [-0.25, -0.2) is 4.79 Å². The fourth-order valence-corrected chi connectivity index (χ4v) is 2.01. The lowest BCUT2D eigenvalue weighted by atomic mass is 10.0. The van der Waals surface area contributed by atoms with E-state index in [0.29, 0.717) is 18.7 Å². The number of hydrogen-bond donors (Lipinski definition) is 1. The molecule has 0 saturated carbocycles. The molecular weight excluding hydrogens is 282 g/mol. The first-order valence-corrected chi connectivity index (χ1v) is 7.58. The zero-order valence-electron chi connectivity index (χ0n) is 13.6. The number of nitrogens with zero attached hydrogens (tertiary/aromatic N) is 2. The lowest BCUT2D eigenvalue weighted by Crippen LogP contribution is -2.41. The van der Waals surface area contributed by atoms with Crippen LogP contribution in [-0.2, 0) is 14.3 Å². The largest absolute Gasteiger partial charge is 0.462 e. The molecule has 0 bridgehead atoms. The van der Waals surface area contributed by atoms with Crippen LogP contribution in [0.15, 0.2) is 34.2 Å². The Kier molecular flexibility index (Phi) is 6.95. The third-order valence-electron chi connectivity index (χ3n) is 3.30. The number of azo groups is 1. The maximum absolute atomic E-state index is 12.0. The van der Waals surface area contributed by atoms with Gasteiger partial charge in [0.25, 0.3) is 5.91 Å². The van der Waals surface area contributed by atoms with Gasteiger partial charge >= 0.3 is 5.97 Å². The molecule has 6 heteroatoms. The zero-order valence-corrected chi connectivity index (χ0v) is 13.6. The average Bonchev–Trinajstić information content (AvgIpc) is 2.82. The van der Waals surface area contributed by atoms with E-state index in [0.717, 1.165) is 31.4 Å². The highest BCUT2D eigenvalue weighted by Crippen LogP contribution is 2.23. The van der Waals surface area contributed by atoms with Gasteiger partial charge in [0, 0.05) is 12.1 Å². The summed E-state index contributed by atoms with van der Waals surface area (Å²) >= 11 is 0. The quantitative estimate of drug-likeness (QED) is 0.404. The van der Waals surface area contributed by atoms with E-state index in [1.54, 1.807) is 19.9 Å². The van der Waals surface area contributed by atoms with Gasteiger partial charge in [-0.2, -0.15) is 10.2 Å². The summed E-state index contributed by atoms with van der Waals surface area (Å²) in [6.07, 6.45) is 5.39. The molecule has 0 radical (unpaired) electrons. The zero-order chi connectivity index (χ0) is 16.6. The molecule has 0 spiro atoms. The Morgan fingerprint density at radius 3 is 2.59 bits per heavy atom. The van der Waals surface area contributed by atoms with E-state index in [4.69, 9.17) is 4.74 Å². The Labute approximate surface area is 131 Å². The van der Waals surface area contributed by atoms with Gasteiger partial charge in [0.1, 0.15) is 0 Å². The molecule has 1 rings (SSSR count). The molecule has 122 valence electrons. The molecule has 1 heterocycles. The predicted molar refractivity (Wildman–Crippen MR) is 84.3 cm³/mol. The van der Waals surface area contributed by atoms with Crippen LogP contribution in [0.5, 0.6) is 0 Å². The first-order chi connectivity index (χ1) is 10.3. The number of carbonyl (C=O) groups is 2. The van der Waals surface area contributed by atoms with Crippen LogP contribution >= 0.6 is 0 Å².